The fourth-order valence-electron chi connectivity index (χ4n) is 2.68. The highest BCUT2D eigenvalue weighted by Gasteiger charge is 2.22. The van der Waals surface area contributed by atoms with Gasteiger partial charge in [-0.3, -0.25) is 9.59 Å². The lowest BCUT2D eigenvalue weighted by atomic mass is 10.1. The maximum Gasteiger partial charge on any atom is 0.257 e. The molecule has 3 rings (SSSR count). The average Bonchev–Trinajstić information content (AvgIpc) is 2.93. The van der Waals surface area contributed by atoms with Gasteiger partial charge in [-0.25, -0.2) is 0 Å². The van der Waals surface area contributed by atoms with Crippen molar-refractivity contribution in [1.29, 1.82) is 0 Å². The molecule has 1 aliphatic heterocycles. The number of rotatable bonds is 2. The van der Waals surface area contributed by atoms with E-state index in [1.165, 1.54) is 6.07 Å². The summed E-state index contributed by atoms with van der Waals surface area (Å²) in [6.07, 6.45) is 0.774. The van der Waals surface area contributed by atoms with E-state index in [9.17, 15) is 9.59 Å². The van der Waals surface area contributed by atoms with E-state index >= 15 is 0 Å². The van der Waals surface area contributed by atoms with E-state index in [4.69, 9.17) is 23.2 Å². The molecule has 0 atom stereocenters. The number of fused-ring (bicyclic) bond motifs is 1. The van der Waals surface area contributed by atoms with E-state index in [1.54, 1.807) is 30.0 Å². The molecule has 0 bridgehead atoms. The van der Waals surface area contributed by atoms with Crippen LogP contribution in [0.4, 0.5) is 11.4 Å². The van der Waals surface area contributed by atoms with E-state index in [-0.39, 0.29) is 11.8 Å². The number of amides is 2. The monoisotopic (exact) mass is 348 g/mol. The topological polar surface area (TPSA) is 49.4 Å². The third-order valence-electron chi connectivity index (χ3n) is 3.79. The smallest absolute Gasteiger partial charge is 0.257 e. The van der Waals surface area contributed by atoms with Gasteiger partial charge in [-0.15, -0.1) is 0 Å². The minimum absolute atomic E-state index is 0.0197. The fraction of sp³-hybridized carbons (Fsp3) is 0.176. The Kier molecular flexibility index (Phi) is 4.28. The second kappa shape index (κ2) is 6.22. The second-order valence-electron chi connectivity index (χ2n) is 5.34. The standard InChI is InChI=1S/C17H14Cl2N2O2/c1-10(22)21-7-6-11-8-13(3-5-16(11)21)20-17(23)14-9-12(18)2-4-15(14)19/h2-5,8-9H,6-7H2,1H3,(H,20,23). The molecule has 0 aromatic heterocycles. The van der Waals surface area contributed by atoms with Crippen molar-refractivity contribution in [2.24, 2.45) is 0 Å². The summed E-state index contributed by atoms with van der Waals surface area (Å²) in [5.41, 5.74) is 2.92. The summed E-state index contributed by atoms with van der Waals surface area (Å²) < 4.78 is 0. The Morgan fingerprint density at radius 3 is 2.65 bits per heavy atom. The van der Waals surface area contributed by atoms with E-state index in [2.05, 4.69) is 5.32 Å². The van der Waals surface area contributed by atoms with Crippen LogP contribution >= 0.6 is 23.2 Å². The Hall–Kier alpha value is -2.04. The lowest BCUT2D eigenvalue weighted by Crippen LogP contribution is -2.25. The third kappa shape index (κ3) is 3.19. The van der Waals surface area contributed by atoms with Gasteiger partial charge in [0.15, 0.2) is 0 Å². The van der Waals surface area contributed by atoms with Crippen LogP contribution in [0, 0.1) is 0 Å². The minimum Gasteiger partial charge on any atom is -0.322 e. The first-order valence-corrected chi connectivity index (χ1v) is 7.89. The van der Waals surface area contributed by atoms with E-state index in [0.717, 1.165) is 17.7 Å². The lowest BCUT2D eigenvalue weighted by molar-refractivity contribution is -0.116. The summed E-state index contributed by atoms with van der Waals surface area (Å²) in [5, 5.41) is 3.61. The molecule has 1 heterocycles. The van der Waals surface area contributed by atoms with Crippen LogP contribution in [0.3, 0.4) is 0 Å². The molecule has 6 heteroatoms. The molecule has 0 aliphatic carbocycles. The summed E-state index contributed by atoms with van der Waals surface area (Å²) in [6.45, 7) is 2.22. The van der Waals surface area contributed by atoms with Gasteiger partial charge < -0.3 is 10.2 Å². The van der Waals surface area contributed by atoms with Crippen molar-refractivity contribution >= 4 is 46.4 Å². The van der Waals surface area contributed by atoms with Crippen molar-refractivity contribution < 1.29 is 9.59 Å². The van der Waals surface area contributed by atoms with Gasteiger partial charge in [-0.05, 0) is 48.4 Å². The average molecular weight is 349 g/mol. The molecule has 2 amide bonds. The second-order valence-corrected chi connectivity index (χ2v) is 6.19. The SMILES string of the molecule is CC(=O)N1CCc2cc(NC(=O)c3cc(Cl)ccc3Cl)ccc21. The van der Waals surface area contributed by atoms with Gasteiger partial charge >= 0.3 is 0 Å². The first-order chi connectivity index (χ1) is 11.0. The fourth-order valence-corrected chi connectivity index (χ4v) is 3.05. The van der Waals surface area contributed by atoms with Gasteiger partial charge in [0.1, 0.15) is 0 Å². The zero-order valence-electron chi connectivity index (χ0n) is 12.4. The maximum atomic E-state index is 12.3. The van der Waals surface area contributed by atoms with E-state index in [0.29, 0.717) is 27.8 Å². The van der Waals surface area contributed by atoms with E-state index in [1.807, 2.05) is 12.1 Å². The lowest BCUT2D eigenvalue weighted by Gasteiger charge is -2.15. The molecular formula is C17H14Cl2N2O2. The Morgan fingerprint density at radius 2 is 1.91 bits per heavy atom. The number of hydrogen-bond donors (Lipinski definition) is 1. The van der Waals surface area contributed by atoms with Crippen molar-refractivity contribution in [1.82, 2.24) is 0 Å². The van der Waals surface area contributed by atoms with Crippen LogP contribution < -0.4 is 10.2 Å². The van der Waals surface area contributed by atoms with Crippen LogP contribution in [0.25, 0.3) is 0 Å². The molecule has 1 N–H and O–H groups in total. The number of nitrogens with one attached hydrogen (secondary N) is 1. The van der Waals surface area contributed by atoms with Crippen molar-refractivity contribution in [3.05, 3.63) is 57.6 Å². The molecule has 0 fully saturated rings. The normalized spacial score (nSPS) is 12.9. The largest absolute Gasteiger partial charge is 0.322 e. The molecule has 0 spiro atoms. The molecule has 2 aromatic rings. The zero-order valence-corrected chi connectivity index (χ0v) is 13.9. The van der Waals surface area contributed by atoms with Crippen LogP contribution in [0.5, 0.6) is 0 Å². The number of anilines is 2. The minimum atomic E-state index is -0.320. The van der Waals surface area contributed by atoms with Crippen molar-refractivity contribution in [3.63, 3.8) is 0 Å². The van der Waals surface area contributed by atoms with Crippen molar-refractivity contribution in [2.45, 2.75) is 13.3 Å². The zero-order chi connectivity index (χ0) is 16.6. The Bertz CT molecular complexity index is 805. The van der Waals surface area contributed by atoms with Crippen molar-refractivity contribution in [3.8, 4) is 0 Å². The Labute approximate surface area is 144 Å². The Balaban J connectivity index is 1.83. The summed E-state index contributed by atoms with van der Waals surface area (Å²) in [6, 6.07) is 10.3. The maximum absolute atomic E-state index is 12.3. The van der Waals surface area contributed by atoms with Gasteiger partial charge in [-0.2, -0.15) is 0 Å². The van der Waals surface area contributed by atoms with Crippen LogP contribution in [0.1, 0.15) is 22.8 Å². The number of hydrogen-bond acceptors (Lipinski definition) is 2. The molecule has 1 aliphatic rings. The molecule has 0 saturated carbocycles. The van der Waals surface area contributed by atoms with Gasteiger partial charge in [0.05, 0.1) is 10.6 Å². The van der Waals surface area contributed by atoms with Gasteiger partial charge in [0.2, 0.25) is 5.91 Å². The molecule has 4 nitrogen and oxygen atoms in total. The molecular weight excluding hydrogens is 335 g/mol. The molecule has 0 radical (unpaired) electrons. The highest BCUT2D eigenvalue weighted by Crippen LogP contribution is 2.31. The highest BCUT2D eigenvalue weighted by atomic mass is 35.5. The molecule has 0 saturated heterocycles. The molecule has 2 aromatic carbocycles. The summed E-state index contributed by atoms with van der Waals surface area (Å²) in [4.78, 5) is 25.6. The predicted molar refractivity (Wildman–Crippen MR) is 92.6 cm³/mol. The van der Waals surface area contributed by atoms with Crippen LogP contribution in [0.15, 0.2) is 36.4 Å². The number of carbonyl (C=O) groups excluding carboxylic acids is 2. The first kappa shape index (κ1) is 15.8. The number of nitrogens with zero attached hydrogens (tertiary/aromatic N) is 1. The first-order valence-electron chi connectivity index (χ1n) is 7.13. The quantitative estimate of drug-likeness (QED) is 0.885. The number of halogens is 2. The number of carbonyl (C=O) groups is 2. The number of benzene rings is 2. The third-order valence-corrected chi connectivity index (χ3v) is 4.35. The summed E-state index contributed by atoms with van der Waals surface area (Å²) in [7, 11) is 0. The highest BCUT2D eigenvalue weighted by molar-refractivity contribution is 6.36. The van der Waals surface area contributed by atoms with Crippen LogP contribution in [-0.2, 0) is 11.2 Å². The predicted octanol–water partition coefficient (Wildman–Crippen LogP) is 4.15. The van der Waals surface area contributed by atoms with Crippen molar-refractivity contribution in [2.75, 3.05) is 16.8 Å². The molecule has 0 unspecified atom stereocenters. The van der Waals surface area contributed by atoms with Crippen LogP contribution in [-0.4, -0.2) is 18.4 Å². The van der Waals surface area contributed by atoms with Gasteiger partial charge in [-0.1, -0.05) is 23.2 Å². The van der Waals surface area contributed by atoms with Gasteiger partial charge in [0.25, 0.3) is 5.91 Å². The molecule has 118 valence electrons. The van der Waals surface area contributed by atoms with Crippen LogP contribution in [0.2, 0.25) is 10.0 Å². The van der Waals surface area contributed by atoms with Gasteiger partial charge in [0, 0.05) is 29.9 Å². The van der Waals surface area contributed by atoms with E-state index < -0.39 is 0 Å². The summed E-state index contributed by atoms with van der Waals surface area (Å²) >= 11 is 12.0. The Morgan fingerprint density at radius 1 is 1.13 bits per heavy atom. The molecule has 23 heavy (non-hydrogen) atoms. The summed E-state index contributed by atoms with van der Waals surface area (Å²) in [5.74, 6) is -0.301.